The average Bonchev–Trinajstić information content (AvgIpc) is 2.88. The number of hydrogen-bond donors (Lipinski definition) is 0. The van der Waals surface area contributed by atoms with E-state index in [0.29, 0.717) is 0 Å². The maximum absolute atomic E-state index is 3.99. The minimum atomic E-state index is 1.18. The average molecular weight is 226 g/mol. The molecule has 0 unspecified atom stereocenters. The van der Waals surface area contributed by atoms with Crippen LogP contribution in [0.5, 0.6) is 0 Å². The van der Waals surface area contributed by atoms with Crippen LogP contribution in [0.2, 0.25) is 0 Å². The van der Waals surface area contributed by atoms with Crippen LogP contribution in [-0.2, 0) is 6.42 Å². The van der Waals surface area contributed by atoms with Gasteiger partial charge in [-0.15, -0.1) is 0 Å². The molecule has 0 saturated carbocycles. The molecule has 1 aromatic carbocycles. The number of aryl methyl sites for hydroxylation is 1. The first-order chi connectivity index (χ1) is 8.38. The lowest BCUT2D eigenvalue weighted by Crippen LogP contribution is -1.84. The maximum Gasteiger partial charge on any atom is 0.0986 e. The first-order valence-electron chi connectivity index (χ1n) is 6.13. The summed E-state index contributed by atoms with van der Waals surface area (Å²) in [5.41, 5.74) is 2.64. The molecule has 2 aromatic rings. The fourth-order valence-corrected chi connectivity index (χ4v) is 1.71. The summed E-state index contributed by atoms with van der Waals surface area (Å²) in [5, 5.41) is 0. The molecular weight excluding hydrogens is 208 g/mol. The highest BCUT2D eigenvalue weighted by Crippen LogP contribution is 2.09. The molecule has 0 aliphatic heterocycles. The molecule has 0 aliphatic carbocycles. The number of aromatic nitrogens is 2. The molecule has 0 radical (unpaired) electrons. The van der Waals surface area contributed by atoms with Crippen molar-refractivity contribution in [2.24, 2.45) is 0 Å². The summed E-state index contributed by atoms with van der Waals surface area (Å²) in [5.74, 6) is 0. The van der Waals surface area contributed by atoms with Gasteiger partial charge in [0.1, 0.15) is 0 Å². The van der Waals surface area contributed by atoms with Crippen molar-refractivity contribution in [3.63, 3.8) is 0 Å². The van der Waals surface area contributed by atoms with Gasteiger partial charge in [0.25, 0.3) is 0 Å². The zero-order valence-electron chi connectivity index (χ0n) is 10.2. The summed E-state index contributed by atoms with van der Waals surface area (Å²) in [6.45, 7) is 2.22. The van der Waals surface area contributed by atoms with Gasteiger partial charge < -0.3 is 4.57 Å². The van der Waals surface area contributed by atoms with Crippen LogP contribution in [0.1, 0.15) is 30.9 Å². The van der Waals surface area contributed by atoms with Crippen LogP contribution in [0.3, 0.4) is 0 Å². The highest BCUT2D eigenvalue weighted by Gasteiger charge is 1.92. The van der Waals surface area contributed by atoms with E-state index in [-0.39, 0.29) is 0 Å². The van der Waals surface area contributed by atoms with Crippen molar-refractivity contribution < 1.29 is 0 Å². The summed E-state index contributed by atoms with van der Waals surface area (Å²) >= 11 is 0. The van der Waals surface area contributed by atoms with Crippen LogP contribution >= 0.6 is 0 Å². The second kappa shape index (κ2) is 6.04. The number of hydrogen-bond acceptors (Lipinski definition) is 1. The molecule has 2 rings (SSSR count). The first kappa shape index (κ1) is 11.6. The van der Waals surface area contributed by atoms with E-state index in [4.69, 9.17) is 0 Å². The van der Waals surface area contributed by atoms with E-state index < -0.39 is 0 Å². The summed E-state index contributed by atoms with van der Waals surface area (Å²) in [4.78, 5) is 3.99. The zero-order chi connectivity index (χ0) is 11.9. The highest BCUT2D eigenvalue weighted by atomic mass is 15.0. The number of nitrogens with zero attached hydrogens (tertiary/aromatic N) is 2. The Morgan fingerprint density at radius 1 is 1.24 bits per heavy atom. The third-order valence-electron chi connectivity index (χ3n) is 2.76. The molecule has 0 aliphatic rings. The van der Waals surface area contributed by atoms with Gasteiger partial charge in [-0.25, -0.2) is 4.98 Å². The van der Waals surface area contributed by atoms with Crippen molar-refractivity contribution in [1.82, 2.24) is 9.55 Å². The van der Waals surface area contributed by atoms with Crippen molar-refractivity contribution in [3.05, 3.63) is 54.1 Å². The SMILES string of the molecule is CCCCc1ccc(/C=C\n2ccnc2)cc1. The van der Waals surface area contributed by atoms with E-state index in [9.17, 15) is 0 Å². The van der Waals surface area contributed by atoms with Crippen molar-refractivity contribution >= 4 is 12.3 Å². The Morgan fingerprint density at radius 2 is 2.06 bits per heavy atom. The summed E-state index contributed by atoms with van der Waals surface area (Å²) in [7, 11) is 0. The molecule has 0 saturated heterocycles. The van der Waals surface area contributed by atoms with Gasteiger partial charge in [0, 0.05) is 18.6 Å². The van der Waals surface area contributed by atoms with Gasteiger partial charge in [-0.1, -0.05) is 37.6 Å². The molecule has 1 heterocycles. The Balaban J connectivity index is 1.98. The molecular formula is C15H18N2. The van der Waals surface area contributed by atoms with E-state index >= 15 is 0 Å². The fourth-order valence-electron chi connectivity index (χ4n) is 1.71. The van der Waals surface area contributed by atoms with Gasteiger partial charge in [-0.2, -0.15) is 0 Å². The van der Waals surface area contributed by atoms with E-state index in [2.05, 4.69) is 42.2 Å². The molecule has 2 nitrogen and oxygen atoms in total. The zero-order valence-corrected chi connectivity index (χ0v) is 10.2. The van der Waals surface area contributed by atoms with Crippen LogP contribution in [0.15, 0.2) is 43.0 Å². The molecule has 0 amide bonds. The van der Waals surface area contributed by atoms with Crippen LogP contribution in [0.25, 0.3) is 12.3 Å². The van der Waals surface area contributed by atoms with Crippen molar-refractivity contribution in [2.45, 2.75) is 26.2 Å². The topological polar surface area (TPSA) is 17.8 Å². The predicted octanol–water partition coefficient (Wildman–Crippen LogP) is 3.85. The maximum atomic E-state index is 3.99. The largest absolute Gasteiger partial charge is 0.313 e. The van der Waals surface area contributed by atoms with Crippen LogP contribution < -0.4 is 0 Å². The second-order valence-corrected chi connectivity index (χ2v) is 4.17. The van der Waals surface area contributed by atoms with E-state index in [1.807, 2.05) is 17.0 Å². The van der Waals surface area contributed by atoms with Crippen LogP contribution in [-0.4, -0.2) is 9.55 Å². The first-order valence-corrected chi connectivity index (χ1v) is 6.13. The Morgan fingerprint density at radius 3 is 2.71 bits per heavy atom. The lowest BCUT2D eigenvalue weighted by Gasteiger charge is -2.00. The number of benzene rings is 1. The molecule has 17 heavy (non-hydrogen) atoms. The predicted molar refractivity (Wildman–Crippen MR) is 72.5 cm³/mol. The Bertz CT molecular complexity index is 452. The quantitative estimate of drug-likeness (QED) is 0.757. The molecule has 2 heteroatoms. The van der Waals surface area contributed by atoms with Crippen molar-refractivity contribution in [2.75, 3.05) is 0 Å². The number of unbranched alkanes of at least 4 members (excludes halogenated alkanes) is 1. The van der Waals surface area contributed by atoms with Gasteiger partial charge >= 0.3 is 0 Å². The normalized spacial score (nSPS) is 11.1. The van der Waals surface area contributed by atoms with Crippen LogP contribution in [0.4, 0.5) is 0 Å². The summed E-state index contributed by atoms with van der Waals surface area (Å²) in [6.07, 6.45) is 13.3. The van der Waals surface area contributed by atoms with Crippen molar-refractivity contribution in [3.8, 4) is 0 Å². The smallest absolute Gasteiger partial charge is 0.0986 e. The number of rotatable bonds is 5. The molecule has 0 fully saturated rings. The third-order valence-corrected chi connectivity index (χ3v) is 2.76. The van der Waals surface area contributed by atoms with Gasteiger partial charge in [0.2, 0.25) is 0 Å². The Labute approximate surface area is 103 Å². The molecule has 88 valence electrons. The van der Waals surface area contributed by atoms with Gasteiger partial charge in [0.05, 0.1) is 6.33 Å². The van der Waals surface area contributed by atoms with E-state index in [0.717, 1.165) is 0 Å². The van der Waals surface area contributed by atoms with Crippen molar-refractivity contribution in [1.29, 1.82) is 0 Å². The third kappa shape index (κ3) is 3.59. The van der Waals surface area contributed by atoms with Gasteiger partial charge in [0.15, 0.2) is 0 Å². The molecule has 0 atom stereocenters. The van der Waals surface area contributed by atoms with Gasteiger partial charge in [-0.3, -0.25) is 0 Å². The lowest BCUT2D eigenvalue weighted by molar-refractivity contribution is 0.795. The van der Waals surface area contributed by atoms with Crippen LogP contribution in [0, 0.1) is 0 Å². The highest BCUT2D eigenvalue weighted by molar-refractivity contribution is 5.60. The minimum absolute atomic E-state index is 1.18. The van der Waals surface area contributed by atoms with Gasteiger partial charge in [-0.05, 0) is 30.0 Å². The standard InChI is InChI=1S/C15H18N2/c1-2-3-4-14-5-7-15(8-6-14)9-11-17-12-10-16-13-17/h5-13H,2-4H2,1H3/b11-9-. The fraction of sp³-hybridized carbons (Fsp3) is 0.267. The second-order valence-electron chi connectivity index (χ2n) is 4.17. The molecule has 1 aromatic heterocycles. The molecule has 0 bridgehead atoms. The lowest BCUT2D eigenvalue weighted by atomic mass is 10.1. The summed E-state index contributed by atoms with van der Waals surface area (Å²) in [6, 6.07) is 8.75. The minimum Gasteiger partial charge on any atom is -0.313 e. The Hall–Kier alpha value is -1.83. The monoisotopic (exact) mass is 226 g/mol. The summed E-state index contributed by atoms with van der Waals surface area (Å²) < 4.78 is 1.94. The van der Waals surface area contributed by atoms with E-state index in [1.54, 1.807) is 12.5 Å². The molecule has 0 spiro atoms. The molecule has 0 N–H and O–H groups in total. The number of imidazole rings is 1. The van der Waals surface area contributed by atoms with E-state index in [1.165, 1.54) is 30.4 Å². The Kier molecular flexibility index (Phi) is 4.14.